The minimum Gasteiger partial charge on any atom is -0.422 e. The van der Waals surface area contributed by atoms with Crippen LogP contribution in [0.3, 0.4) is 0 Å². The monoisotopic (exact) mass is 503 g/mol. The number of benzene rings is 3. The van der Waals surface area contributed by atoms with Crippen LogP contribution in [0.4, 0.5) is 11.4 Å². The summed E-state index contributed by atoms with van der Waals surface area (Å²) in [6, 6.07) is 23.4. The zero-order valence-electron chi connectivity index (χ0n) is 19.7. The Kier molecular flexibility index (Phi) is 6.34. The predicted octanol–water partition coefficient (Wildman–Crippen LogP) is 3.79. The van der Waals surface area contributed by atoms with Crippen LogP contribution in [0.15, 0.2) is 88.1 Å². The first kappa shape index (κ1) is 23.8. The van der Waals surface area contributed by atoms with Crippen LogP contribution in [0, 0.1) is 0 Å². The number of nitrogens with one attached hydrogen (secondary N) is 1. The fourth-order valence-corrected chi connectivity index (χ4v) is 5.13. The third-order valence-electron chi connectivity index (χ3n) is 6.30. The lowest BCUT2D eigenvalue weighted by molar-refractivity contribution is 0.102. The normalized spacial score (nSPS) is 14.6. The maximum absolute atomic E-state index is 12.8. The van der Waals surface area contributed by atoms with Crippen molar-refractivity contribution in [2.75, 3.05) is 42.7 Å². The molecule has 0 bridgehead atoms. The molecule has 5 rings (SSSR count). The van der Waals surface area contributed by atoms with E-state index in [-0.39, 0.29) is 5.91 Å². The largest absolute Gasteiger partial charge is 0.422 e. The molecule has 1 aliphatic rings. The highest BCUT2D eigenvalue weighted by Crippen LogP contribution is 2.23. The predicted molar refractivity (Wildman–Crippen MR) is 141 cm³/mol. The summed E-state index contributed by atoms with van der Waals surface area (Å²) >= 11 is 0. The van der Waals surface area contributed by atoms with E-state index in [1.165, 1.54) is 10.6 Å². The first-order valence-electron chi connectivity index (χ1n) is 11.5. The van der Waals surface area contributed by atoms with Gasteiger partial charge in [0.25, 0.3) is 5.91 Å². The van der Waals surface area contributed by atoms with E-state index < -0.39 is 15.6 Å². The van der Waals surface area contributed by atoms with Crippen molar-refractivity contribution in [2.45, 2.75) is 0 Å². The van der Waals surface area contributed by atoms with Gasteiger partial charge < -0.3 is 14.6 Å². The molecule has 1 amide bonds. The van der Waals surface area contributed by atoms with Crippen molar-refractivity contribution < 1.29 is 17.6 Å². The molecule has 0 unspecified atom stereocenters. The quantitative estimate of drug-likeness (QED) is 0.416. The van der Waals surface area contributed by atoms with Gasteiger partial charge in [0.2, 0.25) is 10.0 Å². The smallest absolute Gasteiger partial charge is 0.344 e. The number of hydrogen-bond acceptors (Lipinski definition) is 6. The van der Waals surface area contributed by atoms with Crippen LogP contribution >= 0.6 is 0 Å². The number of carbonyl (C=O) groups is 1. The van der Waals surface area contributed by atoms with Crippen molar-refractivity contribution in [3.05, 3.63) is 94.8 Å². The Morgan fingerprint density at radius 1 is 0.889 bits per heavy atom. The van der Waals surface area contributed by atoms with Crippen LogP contribution in [0.2, 0.25) is 0 Å². The van der Waals surface area contributed by atoms with Crippen LogP contribution in [-0.2, 0) is 10.0 Å². The second-order valence-corrected chi connectivity index (χ2v) is 10.7. The molecule has 1 aromatic heterocycles. The summed E-state index contributed by atoms with van der Waals surface area (Å²) in [6.45, 7) is 2.13. The summed E-state index contributed by atoms with van der Waals surface area (Å²) in [5.74, 6) is -0.262. The number of hydrogen-bond donors (Lipinski definition) is 1. The van der Waals surface area contributed by atoms with E-state index in [2.05, 4.69) is 10.2 Å². The number of fused-ring (bicyclic) bond motifs is 1. The molecular weight excluding hydrogens is 478 g/mol. The molecule has 36 heavy (non-hydrogen) atoms. The van der Waals surface area contributed by atoms with Crippen LogP contribution < -0.4 is 15.8 Å². The van der Waals surface area contributed by atoms with E-state index >= 15 is 0 Å². The van der Waals surface area contributed by atoms with Crippen LogP contribution in [0.1, 0.15) is 10.4 Å². The Labute approximate surface area is 208 Å². The summed E-state index contributed by atoms with van der Waals surface area (Å²) in [4.78, 5) is 27.3. The van der Waals surface area contributed by atoms with Gasteiger partial charge in [0, 0.05) is 48.5 Å². The van der Waals surface area contributed by atoms with Crippen LogP contribution in [0.25, 0.3) is 22.1 Å². The Morgan fingerprint density at radius 2 is 1.56 bits per heavy atom. The van der Waals surface area contributed by atoms with Crippen molar-refractivity contribution in [3.8, 4) is 11.1 Å². The molecule has 1 N–H and O–H groups in total. The minimum absolute atomic E-state index is 0.262. The third-order valence-corrected chi connectivity index (χ3v) is 7.60. The minimum atomic E-state index is -3.17. The Hall–Kier alpha value is -3.95. The van der Waals surface area contributed by atoms with Crippen LogP contribution in [0.5, 0.6) is 0 Å². The average Bonchev–Trinajstić information content (AvgIpc) is 2.88. The van der Waals surface area contributed by atoms with Gasteiger partial charge in [-0.1, -0.05) is 30.3 Å². The molecular formula is C27H25N3O5S. The van der Waals surface area contributed by atoms with Gasteiger partial charge in [0.15, 0.2) is 0 Å². The van der Waals surface area contributed by atoms with Crippen molar-refractivity contribution in [1.29, 1.82) is 0 Å². The number of anilines is 2. The molecule has 3 aromatic carbocycles. The molecule has 184 valence electrons. The number of piperazine rings is 1. The maximum Gasteiger partial charge on any atom is 0.344 e. The first-order chi connectivity index (χ1) is 17.3. The average molecular weight is 504 g/mol. The molecule has 0 radical (unpaired) electrons. The lowest BCUT2D eigenvalue weighted by atomic mass is 10.0. The Morgan fingerprint density at radius 3 is 2.22 bits per heavy atom. The van der Waals surface area contributed by atoms with Gasteiger partial charge in [-0.2, -0.15) is 4.31 Å². The zero-order valence-corrected chi connectivity index (χ0v) is 20.5. The first-order valence-corrected chi connectivity index (χ1v) is 13.4. The standard InChI is InChI=1S/C27H25N3O5S/c1-36(33,34)30-16-14-29(15-17-30)23-12-10-22(11-13-23)28-26(31)20-8-6-19(7-9-20)24-18-21-4-2-3-5-25(21)35-27(24)32/h2-13,18H,14-17H2,1H3,(H,28,31). The van der Waals surface area contributed by atoms with E-state index in [0.29, 0.717) is 54.1 Å². The summed E-state index contributed by atoms with van der Waals surface area (Å²) in [5, 5.41) is 3.71. The Balaban J connectivity index is 1.24. The summed E-state index contributed by atoms with van der Waals surface area (Å²) in [6.07, 6.45) is 1.23. The number of rotatable bonds is 5. The lowest BCUT2D eigenvalue weighted by Crippen LogP contribution is -2.48. The molecule has 0 saturated carbocycles. The van der Waals surface area contributed by atoms with Crippen molar-refractivity contribution in [1.82, 2.24) is 4.31 Å². The molecule has 1 saturated heterocycles. The number of amides is 1. The van der Waals surface area contributed by atoms with Gasteiger partial charge in [0.05, 0.1) is 11.8 Å². The number of nitrogens with zero attached hydrogens (tertiary/aromatic N) is 2. The van der Waals surface area contributed by atoms with E-state index in [9.17, 15) is 18.0 Å². The molecule has 0 atom stereocenters. The highest BCUT2D eigenvalue weighted by Gasteiger charge is 2.23. The molecule has 1 aliphatic heterocycles. The highest BCUT2D eigenvalue weighted by molar-refractivity contribution is 7.88. The molecule has 4 aromatic rings. The van der Waals surface area contributed by atoms with E-state index in [0.717, 1.165) is 11.1 Å². The van der Waals surface area contributed by atoms with Gasteiger partial charge >= 0.3 is 5.63 Å². The van der Waals surface area contributed by atoms with Gasteiger partial charge in [-0.15, -0.1) is 0 Å². The molecule has 9 heteroatoms. The molecule has 1 fully saturated rings. The number of carbonyl (C=O) groups excluding carboxylic acids is 1. The summed E-state index contributed by atoms with van der Waals surface area (Å²) < 4.78 is 30.3. The number of sulfonamides is 1. The number of para-hydroxylation sites is 1. The zero-order chi connectivity index (χ0) is 25.3. The molecule has 0 aliphatic carbocycles. The van der Waals surface area contributed by atoms with E-state index in [4.69, 9.17) is 4.42 Å². The topological polar surface area (TPSA) is 99.9 Å². The van der Waals surface area contributed by atoms with Crippen molar-refractivity contribution in [3.63, 3.8) is 0 Å². The van der Waals surface area contributed by atoms with Crippen molar-refractivity contribution in [2.24, 2.45) is 0 Å². The third kappa shape index (κ3) is 5.02. The second kappa shape index (κ2) is 9.60. The van der Waals surface area contributed by atoms with Gasteiger partial charge in [-0.3, -0.25) is 4.79 Å². The SMILES string of the molecule is CS(=O)(=O)N1CCN(c2ccc(NC(=O)c3ccc(-c4cc5ccccc5oc4=O)cc3)cc2)CC1. The highest BCUT2D eigenvalue weighted by atomic mass is 32.2. The van der Waals surface area contributed by atoms with Gasteiger partial charge in [0.1, 0.15) is 5.58 Å². The summed E-state index contributed by atoms with van der Waals surface area (Å²) in [5.41, 5.74) is 3.30. The summed E-state index contributed by atoms with van der Waals surface area (Å²) in [7, 11) is -3.17. The molecule has 8 nitrogen and oxygen atoms in total. The molecule has 2 heterocycles. The van der Waals surface area contributed by atoms with Gasteiger partial charge in [-0.05, 0) is 54.1 Å². The van der Waals surface area contributed by atoms with Crippen LogP contribution in [-0.4, -0.2) is 51.1 Å². The maximum atomic E-state index is 12.8. The second-order valence-electron chi connectivity index (χ2n) is 8.71. The lowest BCUT2D eigenvalue weighted by Gasteiger charge is -2.34. The fourth-order valence-electron chi connectivity index (χ4n) is 4.30. The Bertz CT molecular complexity index is 1570. The van der Waals surface area contributed by atoms with E-state index in [1.807, 2.05) is 42.5 Å². The molecule has 0 spiro atoms. The van der Waals surface area contributed by atoms with Gasteiger partial charge in [-0.25, -0.2) is 13.2 Å². The fraction of sp³-hybridized carbons (Fsp3) is 0.185. The van der Waals surface area contributed by atoms with E-state index in [1.54, 1.807) is 36.4 Å². The van der Waals surface area contributed by atoms with Crippen molar-refractivity contribution >= 4 is 38.3 Å².